The zero-order chi connectivity index (χ0) is 69.8. The van der Waals surface area contributed by atoms with E-state index in [4.69, 9.17) is 37.4 Å². The average Bonchev–Trinajstić information content (AvgIpc) is 0.807. The number of Topliss-reactive ketones (excluding diaryl/α,β-unsaturated/α-hetero) is 8. The molecule has 4 saturated carbocycles. The van der Waals surface area contributed by atoms with Gasteiger partial charge in [0.15, 0.2) is 5.75 Å². The molecular weight excluding hydrogens is 1290 g/mol. The summed E-state index contributed by atoms with van der Waals surface area (Å²) in [6, 6.07) is 65.8. The summed E-state index contributed by atoms with van der Waals surface area (Å²) >= 11 is 12.7. The van der Waals surface area contributed by atoms with Gasteiger partial charge in [-0.2, -0.15) is 0 Å². The van der Waals surface area contributed by atoms with E-state index in [0.29, 0.717) is 87.0 Å². The molecule has 13 rings (SSSR count). The summed E-state index contributed by atoms with van der Waals surface area (Å²) in [4.78, 5) is 93.6. The second kappa shape index (κ2) is 35.1. The molecule has 15 heteroatoms. The Bertz CT molecular complexity index is 4180. The highest BCUT2D eigenvalue weighted by molar-refractivity contribution is 6.37. The molecule has 0 atom stereocenters. The lowest BCUT2D eigenvalue weighted by Crippen LogP contribution is -2.21. The third-order valence-corrected chi connectivity index (χ3v) is 18.4. The molecule has 4 aliphatic rings. The molecule has 0 aromatic heterocycles. The van der Waals surface area contributed by atoms with Crippen LogP contribution in [-0.2, 0) is 44.8 Å². The molecular formula is C84H76Cl2F2O11. The van der Waals surface area contributed by atoms with Crippen molar-refractivity contribution in [3.63, 3.8) is 0 Å². The normalized spacial score (nSPS) is 15.4. The average molecular weight is 1370 g/mol. The maximum atomic E-state index is 13.3. The Morgan fingerprint density at radius 3 is 1.16 bits per heavy atom. The minimum absolute atomic E-state index is 0.00853. The van der Waals surface area contributed by atoms with Gasteiger partial charge in [0.05, 0.1) is 42.3 Å². The van der Waals surface area contributed by atoms with Crippen molar-refractivity contribution in [3.05, 3.63) is 267 Å². The fourth-order valence-corrected chi connectivity index (χ4v) is 13.4. The largest absolute Gasteiger partial charge is 0.490 e. The fraction of sp³-hybridized carbons (Fsp3) is 0.262. The summed E-state index contributed by atoms with van der Waals surface area (Å²) in [5, 5.41) is 0.829. The van der Waals surface area contributed by atoms with Crippen LogP contribution >= 0.6 is 23.2 Å². The molecule has 9 aromatic rings. The van der Waals surface area contributed by atoms with E-state index >= 15 is 0 Å². The van der Waals surface area contributed by atoms with Crippen molar-refractivity contribution >= 4 is 69.5 Å². The summed E-state index contributed by atoms with van der Waals surface area (Å²) in [7, 11) is 0. The van der Waals surface area contributed by atoms with E-state index in [1.54, 1.807) is 36.4 Å². The van der Waals surface area contributed by atoms with Gasteiger partial charge in [0.2, 0.25) is 0 Å². The van der Waals surface area contributed by atoms with Crippen LogP contribution in [0.15, 0.2) is 212 Å². The number of benzene rings is 9. The molecule has 4 fully saturated rings. The van der Waals surface area contributed by atoms with Crippen LogP contribution in [0.4, 0.5) is 8.78 Å². The maximum Gasteiger partial charge on any atom is 0.156 e. The number of para-hydroxylation sites is 1. The Morgan fingerprint density at radius 1 is 0.333 bits per heavy atom. The van der Waals surface area contributed by atoms with E-state index in [-0.39, 0.29) is 107 Å². The Balaban J connectivity index is 0.000000144. The summed E-state index contributed by atoms with van der Waals surface area (Å²) < 4.78 is 43.7. The maximum absolute atomic E-state index is 13.3. The molecule has 506 valence electrons. The first kappa shape index (κ1) is 71.9. The number of aryl methyl sites for hydroxylation is 2. The molecule has 0 amide bonds. The quantitative estimate of drug-likeness (QED) is 0.0629. The predicted octanol–water partition coefficient (Wildman–Crippen LogP) is 18.7. The minimum Gasteiger partial charge on any atom is -0.490 e. The van der Waals surface area contributed by atoms with Gasteiger partial charge in [0.25, 0.3) is 0 Å². The summed E-state index contributed by atoms with van der Waals surface area (Å²) in [5.74, 6) is 1.19. The monoisotopic (exact) mass is 1370 g/mol. The zero-order valence-corrected chi connectivity index (χ0v) is 56.6. The van der Waals surface area contributed by atoms with E-state index in [2.05, 4.69) is 55.5 Å². The Hall–Kier alpha value is -9.82. The standard InChI is InChI=1S/C24H18F2O2.C21H20Cl2O3.C20H20O4.C19H18O2/c25-21-5-1-15(2-6-21)17-9-18(16-3-7-22(26)8-4-16)11-19(10-17)20-12-23(27)14-24(28)13-20;22-19-11-16(15-9-17(24)13-18(25)10-15)12-20(23)21(19)26-8-4-7-14-5-2-1-3-6-14;21-17-12-16(13-18(22)14-17)15-6-8-20(9-7-15)24-11-10-23-19-4-2-1-3-5-19;1-13-5-7-14(8-6-13)15-3-2-4-16(9-15)17-10-18(20)12-19(21)11-17/h1-11,20H,12-14H2;1-3,5-6,11-12,15H,4,7-10,13H2;1-9,16H,10-14H2;2-9,17H,10-12H2,1H3. The number of carbonyl (C=O) groups is 8. The van der Waals surface area contributed by atoms with E-state index < -0.39 is 0 Å². The second-order valence-corrected chi connectivity index (χ2v) is 26.4. The van der Waals surface area contributed by atoms with Crippen molar-refractivity contribution < 1.29 is 61.3 Å². The fourth-order valence-electron chi connectivity index (χ4n) is 12.8. The van der Waals surface area contributed by atoms with Gasteiger partial charge in [-0.15, -0.1) is 0 Å². The van der Waals surface area contributed by atoms with Crippen LogP contribution in [0, 0.1) is 18.6 Å². The summed E-state index contributed by atoms with van der Waals surface area (Å²) in [6.07, 6.45) is 5.31. The number of ketones is 8. The first-order valence-corrected chi connectivity index (χ1v) is 34.1. The topological polar surface area (TPSA) is 164 Å². The van der Waals surface area contributed by atoms with Crippen molar-refractivity contribution in [3.8, 4) is 50.6 Å². The Kier molecular flexibility index (Phi) is 25.5. The van der Waals surface area contributed by atoms with E-state index in [1.807, 2.05) is 103 Å². The van der Waals surface area contributed by atoms with Gasteiger partial charge in [-0.3, -0.25) is 38.4 Å². The molecule has 0 radical (unpaired) electrons. The number of rotatable bonds is 17. The summed E-state index contributed by atoms with van der Waals surface area (Å²) in [6.45, 7) is 3.50. The lowest BCUT2D eigenvalue weighted by atomic mass is 9.81. The van der Waals surface area contributed by atoms with Crippen molar-refractivity contribution in [2.24, 2.45) is 0 Å². The highest BCUT2D eigenvalue weighted by Crippen LogP contribution is 2.41. The SMILES string of the molecule is Cc1ccc(-c2cccc(C3CC(=O)CC(=O)C3)c2)cc1.O=C1CC(=O)CC(c2cc(-c3ccc(F)cc3)cc(-c3ccc(F)cc3)c2)C1.O=C1CC(=O)CC(c2cc(Cl)c(OCCCc3ccccc3)c(Cl)c2)C1.O=C1CC(=O)CC(c2ccc(OCCOc3ccccc3)cc2)C1. The molecule has 0 heterocycles. The van der Waals surface area contributed by atoms with Crippen molar-refractivity contribution in [2.45, 2.75) is 120 Å². The van der Waals surface area contributed by atoms with E-state index in [1.165, 1.54) is 35.4 Å². The minimum atomic E-state index is -0.317. The molecule has 11 nitrogen and oxygen atoms in total. The molecule has 9 aromatic carbocycles. The van der Waals surface area contributed by atoms with Gasteiger partial charge in [0, 0.05) is 51.4 Å². The third kappa shape index (κ3) is 21.6. The first-order valence-electron chi connectivity index (χ1n) is 33.4. The third-order valence-electron chi connectivity index (χ3n) is 17.8. The van der Waals surface area contributed by atoms with Gasteiger partial charge in [-0.1, -0.05) is 174 Å². The van der Waals surface area contributed by atoms with Crippen LogP contribution in [0.1, 0.15) is 141 Å². The van der Waals surface area contributed by atoms with Crippen LogP contribution in [0.25, 0.3) is 33.4 Å². The Morgan fingerprint density at radius 2 is 0.707 bits per heavy atom. The molecule has 0 saturated heterocycles. The first-order chi connectivity index (χ1) is 47.8. The van der Waals surface area contributed by atoms with E-state index in [9.17, 15) is 47.1 Å². The van der Waals surface area contributed by atoms with Crippen LogP contribution in [0.5, 0.6) is 17.2 Å². The van der Waals surface area contributed by atoms with Crippen LogP contribution in [0.3, 0.4) is 0 Å². The van der Waals surface area contributed by atoms with Crippen molar-refractivity contribution in [2.75, 3.05) is 19.8 Å². The van der Waals surface area contributed by atoms with Crippen molar-refractivity contribution in [1.29, 1.82) is 0 Å². The molecule has 99 heavy (non-hydrogen) atoms. The van der Waals surface area contributed by atoms with Gasteiger partial charge in [-0.25, -0.2) is 8.78 Å². The van der Waals surface area contributed by atoms with Gasteiger partial charge >= 0.3 is 0 Å². The number of halogens is 4. The molecule has 0 N–H and O–H groups in total. The van der Waals surface area contributed by atoms with Crippen LogP contribution < -0.4 is 14.2 Å². The van der Waals surface area contributed by atoms with Gasteiger partial charge in [-0.05, 0) is 171 Å². The molecule has 0 spiro atoms. The lowest BCUT2D eigenvalue weighted by molar-refractivity contribution is -0.131. The lowest BCUT2D eigenvalue weighted by Gasteiger charge is -2.22. The second-order valence-electron chi connectivity index (χ2n) is 25.6. The predicted molar refractivity (Wildman–Crippen MR) is 381 cm³/mol. The van der Waals surface area contributed by atoms with Crippen LogP contribution in [-0.4, -0.2) is 66.1 Å². The van der Waals surface area contributed by atoms with Gasteiger partial charge < -0.3 is 14.2 Å². The molecule has 4 aliphatic carbocycles. The number of ether oxygens (including phenoxy) is 3. The van der Waals surface area contributed by atoms with E-state index in [0.717, 1.165) is 80.0 Å². The zero-order valence-electron chi connectivity index (χ0n) is 55.0. The molecule has 0 bridgehead atoms. The molecule has 0 unspecified atom stereocenters. The van der Waals surface area contributed by atoms with Crippen LogP contribution in [0.2, 0.25) is 10.0 Å². The highest BCUT2D eigenvalue weighted by Gasteiger charge is 2.31. The highest BCUT2D eigenvalue weighted by atomic mass is 35.5. The van der Waals surface area contributed by atoms with Crippen molar-refractivity contribution in [1.82, 2.24) is 0 Å². The molecule has 0 aliphatic heterocycles. The summed E-state index contributed by atoms with van der Waals surface area (Å²) in [5.41, 5.74) is 12.0. The smallest absolute Gasteiger partial charge is 0.156 e. The number of carbonyl (C=O) groups excluding carboxylic acids is 8. The van der Waals surface area contributed by atoms with Gasteiger partial charge in [0.1, 0.15) is 82.6 Å². The Labute approximate surface area is 585 Å². The number of hydrogen-bond acceptors (Lipinski definition) is 11. The number of hydrogen-bond donors (Lipinski definition) is 0.